The number of aryl methyl sites for hydroxylation is 1. The van der Waals surface area contributed by atoms with Crippen molar-refractivity contribution >= 4 is 11.6 Å². The summed E-state index contributed by atoms with van der Waals surface area (Å²) in [6.45, 7) is 3.05. The lowest BCUT2D eigenvalue weighted by atomic mass is 9.90. The molecule has 2 aliphatic rings. The van der Waals surface area contributed by atoms with Crippen LogP contribution in [0.2, 0.25) is 5.15 Å². The Morgan fingerprint density at radius 1 is 1.50 bits per heavy atom. The Morgan fingerprint density at radius 3 is 3.21 bits per heavy atom. The lowest BCUT2D eigenvalue weighted by Crippen LogP contribution is -2.17. The number of hydrogen-bond donors (Lipinski definition) is 1. The summed E-state index contributed by atoms with van der Waals surface area (Å²) in [4.78, 5) is 4.49. The van der Waals surface area contributed by atoms with Crippen molar-refractivity contribution in [1.82, 2.24) is 10.3 Å². The highest BCUT2D eigenvalue weighted by Gasteiger charge is 2.30. The molecule has 0 unspecified atom stereocenters. The van der Waals surface area contributed by atoms with E-state index in [1.807, 2.05) is 0 Å². The minimum absolute atomic E-state index is 0.553. The zero-order valence-electron chi connectivity index (χ0n) is 8.23. The van der Waals surface area contributed by atoms with E-state index in [2.05, 4.69) is 17.2 Å². The van der Waals surface area contributed by atoms with E-state index in [1.54, 1.807) is 0 Å². The second kappa shape index (κ2) is 2.94. The number of aromatic nitrogens is 1. The van der Waals surface area contributed by atoms with Gasteiger partial charge in [0.25, 0.3) is 0 Å². The van der Waals surface area contributed by atoms with E-state index in [-0.39, 0.29) is 0 Å². The number of pyridine rings is 1. The molecule has 1 aromatic heterocycles. The van der Waals surface area contributed by atoms with Gasteiger partial charge in [-0.3, -0.25) is 0 Å². The third-order valence-corrected chi connectivity index (χ3v) is 3.78. The molecule has 0 spiro atoms. The molecule has 2 heterocycles. The zero-order valence-corrected chi connectivity index (χ0v) is 8.99. The third-order valence-electron chi connectivity index (χ3n) is 3.41. The van der Waals surface area contributed by atoms with Crippen molar-refractivity contribution in [3.8, 4) is 0 Å². The maximum Gasteiger partial charge on any atom is 0.132 e. The Bertz CT molecular complexity index is 401. The van der Waals surface area contributed by atoms with E-state index < -0.39 is 0 Å². The molecule has 0 saturated carbocycles. The van der Waals surface area contributed by atoms with Crippen molar-refractivity contribution in [3.63, 3.8) is 0 Å². The number of rotatable bonds is 0. The largest absolute Gasteiger partial charge is 0.306 e. The molecule has 74 valence electrons. The summed E-state index contributed by atoms with van der Waals surface area (Å²) in [6, 6.07) is 0.553. The molecule has 1 N–H and O–H groups in total. The smallest absolute Gasteiger partial charge is 0.132 e. The van der Waals surface area contributed by atoms with Crippen LogP contribution in [0.1, 0.15) is 41.3 Å². The van der Waals surface area contributed by atoms with Crippen LogP contribution in [-0.4, -0.2) is 4.98 Å². The predicted molar refractivity (Wildman–Crippen MR) is 56.5 cm³/mol. The maximum absolute atomic E-state index is 6.11. The Kier molecular flexibility index (Phi) is 1.83. The highest BCUT2D eigenvalue weighted by atomic mass is 35.5. The van der Waals surface area contributed by atoms with Gasteiger partial charge in [0.1, 0.15) is 5.15 Å². The Morgan fingerprint density at radius 2 is 2.36 bits per heavy atom. The average Bonchev–Trinajstić information content (AvgIpc) is 2.60. The highest BCUT2D eigenvalue weighted by molar-refractivity contribution is 6.30. The van der Waals surface area contributed by atoms with Gasteiger partial charge in [-0.2, -0.15) is 0 Å². The van der Waals surface area contributed by atoms with Crippen molar-refractivity contribution in [2.75, 3.05) is 0 Å². The minimum atomic E-state index is 0.553. The molecular formula is C11H13ClN2. The molecule has 1 aliphatic carbocycles. The number of halogens is 1. The molecule has 0 fully saturated rings. The first kappa shape index (κ1) is 8.69. The van der Waals surface area contributed by atoms with Gasteiger partial charge >= 0.3 is 0 Å². The minimum Gasteiger partial charge on any atom is -0.306 e. The van der Waals surface area contributed by atoms with E-state index in [1.165, 1.54) is 35.2 Å². The Hall–Kier alpha value is -0.600. The molecule has 0 amide bonds. The van der Waals surface area contributed by atoms with E-state index in [0.717, 1.165) is 13.0 Å². The van der Waals surface area contributed by atoms with Gasteiger partial charge in [0, 0.05) is 18.3 Å². The van der Waals surface area contributed by atoms with Gasteiger partial charge in [-0.15, -0.1) is 0 Å². The molecule has 1 aliphatic heterocycles. The monoisotopic (exact) mass is 208 g/mol. The van der Waals surface area contributed by atoms with Crippen LogP contribution in [0.3, 0.4) is 0 Å². The molecule has 0 aromatic carbocycles. The van der Waals surface area contributed by atoms with Crippen LogP contribution < -0.4 is 5.32 Å². The summed E-state index contributed by atoms with van der Waals surface area (Å²) >= 11 is 6.11. The summed E-state index contributed by atoms with van der Waals surface area (Å²) in [5, 5.41) is 4.23. The topological polar surface area (TPSA) is 24.9 Å². The lowest BCUT2D eigenvalue weighted by molar-refractivity contribution is 0.493. The zero-order chi connectivity index (χ0) is 9.71. The average molecular weight is 209 g/mol. The number of nitrogens with one attached hydrogen (secondary N) is 1. The van der Waals surface area contributed by atoms with Crippen LogP contribution in [0, 0.1) is 6.92 Å². The highest BCUT2D eigenvalue weighted by Crippen LogP contribution is 2.38. The van der Waals surface area contributed by atoms with Crippen LogP contribution in [0.25, 0.3) is 0 Å². The summed E-state index contributed by atoms with van der Waals surface area (Å²) in [6.07, 6.45) is 3.58. The summed E-state index contributed by atoms with van der Waals surface area (Å²) in [5.41, 5.74) is 5.27. The summed E-state index contributed by atoms with van der Waals surface area (Å²) in [5.74, 6) is 0. The SMILES string of the molecule is Cc1c(Cl)nc2c3c1CN[C@@H]3CCC2. The van der Waals surface area contributed by atoms with Gasteiger partial charge in [-0.25, -0.2) is 4.98 Å². The first-order valence-corrected chi connectivity index (χ1v) is 5.56. The van der Waals surface area contributed by atoms with Crippen LogP contribution >= 0.6 is 11.6 Å². The predicted octanol–water partition coefficient (Wildman–Crippen LogP) is 2.52. The molecular weight excluding hydrogens is 196 g/mol. The molecule has 0 bridgehead atoms. The first-order chi connectivity index (χ1) is 6.77. The number of nitrogens with zero attached hydrogens (tertiary/aromatic N) is 1. The lowest BCUT2D eigenvalue weighted by Gasteiger charge is -2.21. The molecule has 0 radical (unpaired) electrons. The van der Waals surface area contributed by atoms with Crippen LogP contribution in [0.4, 0.5) is 0 Å². The van der Waals surface area contributed by atoms with Crippen LogP contribution in [0.5, 0.6) is 0 Å². The summed E-state index contributed by atoms with van der Waals surface area (Å²) in [7, 11) is 0. The standard InChI is InChI=1S/C11H13ClN2/c1-6-7-5-13-8-3-2-4-9(10(7)8)14-11(6)12/h8,13H,2-5H2,1H3/t8-/m1/s1. The molecule has 3 rings (SSSR count). The summed E-state index contributed by atoms with van der Waals surface area (Å²) < 4.78 is 0. The van der Waals surface area contributed by atoms with Crippen molar-refractivity contribution in [2.45, 2.75) is 38.8 Å². The fraction of sp³-hybridized carbons (Fsp3) is 0.545. The van der Waals surface area contributed by atoms with Crippen molar-refractivity contribution in [1.29, 1.82) is 0 Å². The van der Waals surface area contributed by atoms with E-state index in [4.69, 9.17) is 11.6 Å². The van der Waals surface area contributed by atoms with E-state index in [0.29, 0.717) is 11.2 Å². The van der Waals surface area contributed by atoms with E-state index in [9.17, 15) is 0 Å². The Balaban J connectivity index is 2.28. The molecule has 1 aromatic rings. The van der Waals surface area contributed by atoms with Gasteiger partial charge < -0.3 is 5.32 Å². The van der Waals surface area contributed by atoms with Gasteiger partial charge in [0.15, 0.2) is 0 Å². The molecule has 14 heavy (non-hydrogen) atoms. The van der Waals surface area contributed by atoms with Crippen LogP contribution in [-0.2, 0) is 13.0 Å². The quantitative estimate of drug-likeness (QED) is 0.663. The first-order valence-electron chi connectivity index (χ1n) is 5.18. The molecule has 3 heteroatoms. The van der Waals surface area contributed by atoms with Gasteiger partial charge in [-0.05, 0) is 42.9 Å². The van der Waals surface area contributed by atoms with E-state index >= 15 is 0 Å². The van der Waals surface area contributed by atoms with Gasteiger partial charge in [0.05, 0.1) is 0 Å². The van der Waals surface area contributed by atoms with Crippen LogP contribution in [0.15, 0.2) is 0 Å². The normalized spacial score (nSPS) is 23.7. The number of hydrogen-bond acceptors (Lipinski definition) is 2. The van der Waals surface area contributed by atoms with Gasteiger partial charge in [0.2, 0.25) is 0 Å². The fourth-order valence-electron chi connectivity index (χ4n) is 2.64. The van der Waals surface area contributed by atoms with Gasteiger partial charge in [-0.1, -0.05) is 11.6 Å². The third kappa shape index (κ3) is 1.04. The second-order valence-corrected chi connectivity index (χ2v) is 4.55. The second-order valence-electron chi connectivity index (χ2n) is 4.19. The molecule has 1 atom stereocenters. The molecule has 0 saturated heterocycles. The fourth-order valence-corrected chi connectivity index (χ4v) is 2.86. The molecule has 2 nitrogen and oxygen atoms in total. The van der Waals surface area contributed by atoms with Crippen molar-refractivity contribution in [2.24, 2.45) is 0 Å². The van der Waals surface area contributed by atoms with Crippen molar-refractivity contribution < 1.29 is 0 Å². The Labute approximate surface area is 88.7 Å². The maximum atomic E-state index is 6.11. The van der Waals surface area contributed by atoms with Crippen molar-refractivity contribution in [3.05, 3.63) is 27.5 Å².